The highest BCUT2D eigenvalue weighted by Crippen LogP contribution is 2.33. The zero-order chi connectivity index (χ0) is 17.3. The molecule has 7 nitrogen and oxygen atoms in total. The van der Waals surface area contributed by atoms with Gasteiger partial charge < -0.3 is 10.6 Å². The monoisotopic (exact) mass is 365 g/mol. The summed E-state index contributed by atoms with van der Waals surface area (Å²) in [7, 11) is 1.78. The Morgan fingerprint density at radius 2 is 2.21 bits per heavy atom. The van der Waals surface area contributed by atoms with Crippen LogP contribution in [0.2, 0.25) is 0 Å². The Hall–Kier alpha value is -2.51. The van der Waals surface area contributed by atoms with Crippen molar-refractivity contribution in [3.05, 3.63) is 64.1 Å². The van der Waals surface area contributed by atoms with Crippen molar-refractivity contribution >= 4 is 34.6 Å². The van der Waals surface area contributed by atoms with Gasteiger partial charge in [-0.25, -0.2) is 0 Å². The van der Waals surface area contributed by atoms with E-state index >= 15 is 0 Å². The van der Waals surface area contributed by atoms with E-state index in [9.17, 15) is 10.1 Å². The second kappa shape index (κ2) is 6.18. The lowest BCUT2D eigenvalue weighted by Crippen LogP contribution is -2.45. The number of anilines is 1. The van der Waals surface area contributed by atoms with Crippen LogP contribution in [0.5, 0.6) is 0 Å². The van der Waals surface area contributed by atoms with Gasteiger partial charge in [0.15, 0.2) is 0 Å². The summed E-state index contributed by atoms with van der Waals surface area (Å²) in [5.74, 6) is 0. The molecule has 0 spiro atoms. The van der Waals surface area contributed by atoms with Crippen LogP contribution in [0.3, 0.4) is 0 Å². The summed E-state index contributed by atoms with van der Waals surface area (Å²) in [6, 6.07) is 4.84. The van der Waals surface area contributed by atoms with Crippen LogP contribution in [-0.4, -0.2) is 19.8 Å². The van der Waals surface area contributed by atoms with Gasteiger partial charge >= 0.3 is 0 Å². The molecule has 1 aromatic carbocycles. The van der Waals surface area contributed by atoms with E-state index in [0.717, 1.165) is 5.56 Å². The molecule has 24 heavy (non-hydrogen) atoms. The lowest BCUT2D eigenvalue weighted by molar-refractivity contribution is -0.383. The molecular formula is C15H13Cl2N5O2. The Morgan fingerprint density at radius 3 is 2.83 bits per heavy atom. The van der Waals surface area contributed by atoms with E-state index < -0.39 is 10.0 Å². The van der Waals surface area contributed by atoms with Crippen LogP contribution in [0.15, 0.2) is 54.0 Å². The van der Waals surface area contributed by atoms with Crippen molar-refractivity contribution in [2.24, 2.45) is 7.05 Å². The molecule has 124 valence electrons. The average Bonchev–Trinajstić information content (AvgIpc) is 2.93. The van der Waals surface area contributed by atoms with Gasteiger partial charge in [-0.1, -0.05) is 35.3 Å². The van der Waals surface area contributed by atoms with E-state index in [1.165, 1.54) is 6.07 Å². The molecule has 0 radical (unpaired) electrons. The second-order valence-corrected chi connectivity index (χ2v) is 6.23. The maximum absolute atomic E-state index is 11.4. The van der Waals surface area contributed by atoms with Gasteiger partial charge in [-0.05, 0) is 23.8 Å². The maximum Gasteiger partial charge on any atom is 0.293 e. The fourth-order valence-electron chi connectivity index (χ4n) is 2.33. The number of rotatable bonds is 4. The van der Waals surface area contributed by atoms with Gasteiger partial charge in [0, 0.05) is 24.9 Å². The lowest BCUT2D eigenvalue weighted by atomic mass is 10.1. The van der Waals surface area contributed by atoms with Crippen molar-refractivity contribution in [1.82, 2.24) is 15.1 Å². The highest BCUT2D eigenvalue weighted by Gasteiger charge is 2.29. The van der Waals surface area contributed by atoms with Crippen LogP contribution in [0.4, 0.5) is 11.4 Å². The molecule has 0 saturated carbocycles. The smallest absolute Gasteiger partial charge is 0.293 e. The molecule has 0 aliphatic carbocycles. The quantitative estimate of drug-likeness (QED) is 0.374. The number of nitrogens with zero attached hydrogens (tertiary/aromatic N) is 3. The minimum Gasteiger partial charge on any atom is -0.341 e. The van der Waals surface area contributed by atoms with Crippen molar-refractivity contribution in [3.8, 4) is 11.1 Å². The van der Waals surface area contributed by atoms with Gasteiger partial charge in [0.25, 0.3) is 5.69 Å². The van der Waals surface area contributed by atoms with E-state index in [1.54, 1.807) is 54.5 Å². The number of hydrogen-bond donors (Lipinski definition) is 2. The van der Waals surface area contributed by atoms with Gasteiger partial charge in [-0.3, -0.25) is 14.8 Å². The summed E-state index contributed by atoms with van der Waals surface area (Å²) >= 11 is 12.3. The molecule has 0 saturated heterocycles. The maximum atomic E-state index is 11.4. The van der Waals surface area contributed by atoms with Crippen molar-refractivity contribution in [2.45, 2.75) is 5.12 Å². The average molecular weight is 366 g/mol. The number of nitro groups is 1. The number of aryl methyl sites for hydroxylation is 1. The van der Waals surface area contributed by atoms with Crippen molar-refractivity contribution in [3.63, 3.8) is 0 Å². The summed E-state index contributed by atoms with van der Waals surface area (Å²) in [5, 5.41) is 20.3. The van der Waals surface area contributed by atoms with Crippen molar-refractivity contribution in [1.29, 1.82) is 0 Å². The molecular weight excluding hydrogens is 353 g/mol. The largest absolute Gasteiger partial charge is 0.341 e. The summed E-state index contributed by atoms with van der Waals surface area (Å²) in [5.41, 5.74) is 1.65. The minimum atomic E-state index is -1.24. The Morgan fingerprint density at radius 1 is 1.42 bits per heavy atom. The number of dihydropyridines is 1. The summed E-state index contributed by atoms with van der Waals surface area (Å²) < 4.78 is 1.63. The summed E-state index contributed by atoms with van der Waals surface area (Å²) in [4.78, 5) is 11.0. The Balaban J connectivity index is 1.95. The minimum absolute atomic E-state index is 0.0998. The van der Waals surface area contributed by atoms with E-state index in [4.69, 9.17) is 23.2 Å². The van der Waals surface area contributed by atoms with Gasteiger partial charge in [0.2, 0.25) is 5.12 Å². The van der Waals surface area contributed by atoms with Gasteiger partial charge in [-0.15, -0.1) is 0 Å². The number of nitro benzene ring substituents is 1. The van der Waals surface area contributed by atoms with Crippen LogP contribution < -0.4 is 10.6 Å². The molecule has 2 aromatic rings. The number of allylic oxidation sites excluding steroid dienone is 2. The SMILES string of the molecule is Cn1cc(-c2ccc(NC3(Cl)C=CC=C(Cl)N3)c([N+](=O)[O-])c2)cn1. The molecule has 1 unspecified atom stereocenters. The van der Waals surface area contributed by atoms with Crippen molar-refractivity contribution < 1.29 is 4.92 Å². The number of halogens is 2. The molecule has 1 aromatic heterocycles. The number of hydrogen-bond acceptors (Lipinski definition) is 5. The zero-order valence-corrected chi connectivity index (χ0v) is 14.0. The van der Waals surface area contributed by atoms with Gasteiger partial charge in [0.1, 0.15) is 10.8 Å². The molecule has 1 aliphatic heterocycles. The molecule has 2 heterocycles. The fraction of sp³-hybridized carbons (Fsp3) is 0.133. The van der Waals surface area contributed by atoms with Crippen molar-refractivity contribution in [2.75, 3.05) is 5.32 Å². The number of aromatic nitrogens is 2. The Kier molecular flexibility index (Phi) is 4.21. The first-order valence-corrected chi connectivity index (χ1v) is 7.70. The van der Waals surface area contributed by atoms with E-state index in [-0.39, 0.29) is 11.4 Å². The van der Waals surface area contributed by atoms with E-state index in [2.05, 4.69) is 15.7 Å². The van der Waals surface area contributed by atoms with Crippen LogP contribution in [-0.2, 0) is 7.05 Å². The number of nitrogens with one attached hydrogen (secondary N) is 2. The third kappa shape index (κ3) is 3.37. The third-order valence-corrected chi connectivity index (χ3v) is 3.95. The summed E-state index contributed by atoms with van der Waals surface area (Å²) in [6.45, 7) is 0. The van der Waals surface area contributed by atoms with Crippen LogP contribution in [0.25, 0.3) is 11.1 Å². The second-order valence-electron chi connectivity index (χ2n) is 5.23. The van der Waals surface area contributed by atoms with Gasteiger partial charge in [-0.2, -0.15) is 5.10 Å². The van der Waals surface area contributed by atoms with Crippen LogP contribution in [0, 0.1) is 10.1 Å². The highest BCUT2D eigenvalue weighted by atomic mass is 35.5. The van der Waals surface area contributed by atoms with Crippen LogP contribution >= 0.6 is 23.2 Å². The molecule has 0 fully saturated rings. The van der Waals surface area contributed by atoms with Gasteiger partial charge in [0.05, 0.1) is 11.1 Å². The predicted octanol–water partition coefficient (Wildman–Crippen LogP) is 3.54. The Labute approximate surface area is 147 Å². The fourth-order valence-corrected chi connectivity index (χ4v) is 2.88. The topological polar surface area (TPSA) is 85.0 Å². The molecule has 1 atom stereocenters. The number of benzene rings is 1. The van der Waals surface area contributed by atoms with Crippen LogP contribution in [0.1, 0.15) is 0 Å². The first kappa shape index (κ1) is 16.4. The third-order valence-electron chi connectivity index (χ3n) is 3.42. The lowest BCUT2D eigenvalue weighted by Gasteiger charge is -2.29. The first-order valence-electron chi connectivity index (χ1n) is 6.94. The first-order chi connectivity index (χ1) is 11.4. The molecule has 3 rings (SSSR count). The molecule has 0 bridgehead atoms. The molecule has 0 amide bonds. The summed E-state index contributed by atoms with van der Waals surface area (Å²) in [6.07, 6.45) is 8.33. The van der Waals surface area contributed by atoms with E-state index in [1.807, 2.05) is 0 Å². The van der Waals surface area contributed by atoms with E-state index in [0.29, 0.717) is 10.7 Å². The predicted molar refractivity (Wildman–Crippen MR) is 93.7 cm³/mol. The zero-order valence-electron chi connectivity index (χ0n) is 12.5. The molecule has 9 heteroatoms. The standard InChI is InChI=1S/C15H13Cl2N5O2/c1-21-9-11(8-18-21)10-4-5-12(13(7-10)22(23)24)19-15(17)6-2-3-14(16)20-15/h2-9,19-20H,1H3. The molecule has 1 aliphatic rings. The Bertz CT molecular complexity index is 861. The molecule has 2 N–H and O–H groups in total. The normalized spacial score (nSPS) is 19.5. The highest BCUT2D eigenvalue weighted by molar-refractivity contribution is 6.32. The number of alkyl halides is 1.